The molecule has 0 aromatic rings. The molecule has 1 N–H and O–H groups in total. The predicted molar refractivity (Wildman–Crippen MR) is 70.0 cm³/mol. The van der Waals surface area contributed by atoms with Crippen molar-refractivity contribution in [2.45, 2.75) is 57.4 Å². The van der Waals surface area contributed by atoms with Gasteiger partial charge in [0.25, 0.3) is 0 Å². The van der Waals surface area contributed by atoms with Gasteiger partial charge in [-0.25, -0.2) is 0 Å². The van der Waals surface area contributed by atoms with Crippen LogP contribution in [0.25, 0.3) is 0 Å². The maximum Gasteiger partial charge on any atom is 0.226 e. The smallest absolute Gasteiger partial charge is 0.226 e. The van der Waals surface area contributed by atoms with Crippen LogP contribution in [0.3, 0.4) is 0 Å². The van der Waals surface area contributed by atoms with Gasteiger partial charge in [-0.2, -0.15) is 0 Å². The Morgan fingerprint density at radius 1 is 1.11 bits per heavy atom. The Kier molecular flexibility index (Phi) is 3.60. The van der Waals surface area contributed by atoms with Crippen LogP contribution in [0.15, 0.2) is 0 Å². The fourth-order valence-corrected chi connectivity index (χ4v) is 4.30. The molecular formula is C15H25NO2. The zero-order valence-corrected chi connectivity index (χ0v) is 11.2. The number of carbonyl (C=O) groups excluding carboxylic acids is 1. The van der Waals surface area contributed by atoms with Gasteiger partial charge in [0.15, 0.2) is 0 Å². The quantitative estimate of drug-likeness (QED) is 0.832. The van der Waals surface area contributed by atoms with Crippen LogP contribution < -0.4 is 0 Å². The van der Waals surface area contributed by atoms with Crippen molar-refractivity contribution >= 4 is 5.91 Å². The van der Waals surface area contributed by atoms with Crippen LogP contribution in [0.1, 0.15) is 51.4 Å². The summed E-state index contributed by atoms with van der Waals surface area (Å²) in [7, 11) is 0. The van der Waals surface area contributed by atoms with E-state index in [2.05, 4.69) is 4.90 Å². The lowest BCUT2D eigenvalue weighted by atomic mass is 10.0. The summed E-state index contributed by atoms with van der Waals surface area (Å²) in [5.74, 6) is 2.28. The van der Waals surface area contributed by atoms with Crippen molar-refractivity contribution in [3.05, 3.63) is 0 Å². The van der Waals surface area contributed by atoms with Crippen molar-refractivity contribution < 1.29 is 9.90 Å². The molecule has 0 aromatic carbocycles. The van der Waals surface area contributed by atoms with Crippen molar-refractivity contribution in [2.24, 2.45) is 17.8 Å². The van der Waals surface area contributed by atoms with Crippen LogP contribution in [0.4, 0.5) is 0 Å². The normalized spacial score (nSPS) is 38.6. The van der Waals surface area contributed by atoms with Gasteiger partial charge in [0.2, 0.25) is 5.91 Å². The molecule has 1 amide bonds. The molecular weight excluding hydrogens is 226 g/mol. The molecule has 3 rings (SSSR count). The van der Waals surface area contributed by atoms with Crippen LogP contribution >= 0.6 is 0 Å². The summed E-state index contributed by atoms with van der Waals surface area (Å²) < 4.78 is 0. The lowest BCUT2D eigenvalue weighted by Gasteiger charge is -2.25. The third-order valence-corrected chi connectivity index (χ3v) is 5.30. The summed E-state index contributed by atoms with van der Waals surface area (Å²) in [4.78, 5) is 14.8. The number of rotatable bonds is 4. The molecule has 0 spiro atoms. The van der Waals surface area contributed by atoms with Crippen molar-refractivity contribution in [2.75, 3.05) is 13.2 Å². The molecule has 102 valence electrons. The van der Waals surface area contributed by atoms with E-state index in [1.54, 1.807) is 0 Å². The molecule has 1 saturated heterocycles. The van der Waals surface area contributed by atoms with Crippen molar-refractivity contribution in [3.63, 3.8) is 0 Å². The molecule has 3 unspecified atom stereocenters. The Hall–Kier alpha value is -0.570. The van der Waals surface area contributed by atoms with Crippen LogP contribution in [-0.4, -0.2) is 35.1 Å². The van der Waals surface area contributed by atoms with Crippen molar-refractivity contribution in [1.29, 1.82) is 0 Å². The third-order valence-electron chi connectivity index (χ3n) is 5.30. The first-order valence-electron chi connectivity index (χ1n) is 7.74. The summed E-state index contributed by atoms with van der Waals surface area (Å²) in [6, 6.07) is 0.423. The molecule has 1 heterocycles. The highest BCUT2D eigenvalue weighted by atomic mass is 16.3. The summed E-state index contributed by atoms with van der Waals surface area (Å²) in [6.45, 7) is 1.22. The maximum atomic E-state index is 12.6. The Balaban J connectivity index is 1.58. The van der Waals surface area contributed by atoms with Crippen molar-refractivity contribution in [1.82, 2.24) is 4.90 Å². The van der Waals surface area contributed by atoms with E-state index in [0.717, 1.165) is 44.1 Å². The van der Waals surface area contributed by atoms with Gasteiger partial charge in [-0.3, -0.25) is 4.79 Å². The van der Waals surface area contributed by atoms with Crippen LogP contribution in [0.2, 0.25) is 0 Å². The molecule has 3 nitrogen and oxygen atoms in total. The predicted octanol–water partition coefficient (Wildman–Crippen LogP) is 2.19. The lowest BCUT2D eigenvalue weighted by Crippen LogP contribution is -2.37. The van der Waals surface area contributed by atoms with Gasteiger partial charge in [-0.1, -0.05) is 12.8 Å². The molecule has 1 aliphatic heterocycles. The monoisotopic (exact) mass is 251 g/mol. The second-order valence-corrected chi connectivity index (χ2v) is 6.33. The number of likely N-dealkylation sites (tertiary alicyclic amines) is 1. The average molecular weight is 251 g/mol. The molecule has 2 saturated carbocycles. The Morgan fingerprint density at radius 2 is 1.83 bits per heavy atom. The fraction of sp³-hybridized carbons (Fsp3) is 0.933. The molecule has 0 radical (unpaired) electrons. The van der Waals surface area contributed by atoms with Crippen LogP contribution in [0.5, 0.6) is 0 Å². The summed E-state index contributed by atoms with van der Waals surface area (Å²) in [5.41, 5.74) is 0. The van der Waals surface area contributed by atoms with E-state index >= 15 is 0 Å². The van der Waals surface area contributed by atoms with Gasteiger partial charge in [-0.05, 0) is 50.4 Å². The van der Waals surface area contributed by atoms with Crippen LogP contribution in [0, 0.1) is 17.8 Å². The van der Waals surface area contributed by atoms with E-state index in [9.17, 15) is 4.79 Å². The molecule has 3 atom stereocenters. The minimum absolute atomic E-state index is 0.257. The van der Waals surface area contributed by atoms with E-state index in [1.807, 2.05) is 0 Å². The van der Waals surface area contributed by atoms with E-state index in [1.165, 1.54) is 25.7 Å². The second-order valence-electron chi connectivity index (χ2n) is 6.33. The Bertz CT molecular complexity index is 306. The van der Waals surface area contributed by atoms with Crippen molar-refractivity contribution in [3.8, 4) is 0 Å². The molecule has 0 aromatic heterocycles. The second kappa shape index (κ2) is 5.20. The standard InChI is InChI=1S/C15H25NO2/c17-10-4-6-11-5-3-9-16(11)15(18)14-12-7-1-2-8-13(12)14/h11-14,17H,1-10H2. The Labute approximate surface area is 110 Å². The number of amides is 1. The number of fused-ring (bicyclic) bond motifs is 1. The minimum atomic E-state index is 0.257. The largest absolute Gasteiger partial charge is 0.396 e. The van der Waals surface area contributed by atoms with E-state index in [0.29, 0.717) is 17.9 Å². The van der Waals surface area contributed by atoms with Gasteiger partial charge in [0.05, 0.1) is 0 Å². The summed E-state index contributed by atoms with van der Waals surface area (Å²) >= 11 is 0. The third kappa shape index (κ3) is 2.18. The Morgan fingerprint density at radius 3 is 2.50 bits per heavy atom. The molecule has 3 aliphatic rings. The average Bonchev–Trinajstić information content (AvgIpc) is 2.94. The zero-order chi connectivity index (χ0) is 12.5. The van der Waals surface area contributed by atoms with Gasteiger partial charge >= 0.3 is 0 Å². The first kappa shape index (κ1) is 12.5. The van der Waals surface area contributed by atoms with Gasteiger partial charge in [0.1, 0.15) is 0 Å². The SMILES string of the molecule is O=C(C1C2CCCCC21)N1CCCC1CCCO. The molecule has 18 heavy (non-hydrogen) atoms. The summed E-state index contributed by atoms with van der Waals surface area (Å²) in [5, 5.41) is 8.94. The number of aliphatic hydroxyl groups excluding tert-OH is 1. The first-order valence-corrected chi connectivity index (χ1v) is 7.74. The van der Waals surface area contributed by atoms with Gasteiger partial charge in [-0.15, -0.1) is 0 Å². The highest BCUT2D eigenvalue weighted by Gasteiger charge is 2.56. The topological polar surface area (TPSA) is 40.5 Å². The molecule has 2 aliphatic carbocycles. The highest BCUT2D eigenvalue weighted by molar-refractivity contribution is 5.83. The number of carbonyl (C=O) groups is 1. The minimum Gasteiger partial charge on any atom is -0.396 e. The zero-order valence-electron chi connectivity index (χ0n) is 11.2. The molecule has 3 heteroatoms. The molecule has 3 fully saturated rings. The number of hydrogen-bond acceptors (Lipinski definition) is 2. The number of aliphatic hydroxyl groups is 1. The maximum absolute atomic E-state index is 12.6. The van der Waals surface area contributed by atoms with E-state index < -0.39 is 0 Å². The van der Waals surface area contributed by atoms with Gasteiger partial charge < -0.3 is 10.0 Å². The van der Waals surface area contributed by atoms with Gasteiger partial charge in [0, 0.05) is 25.1 Å². The lowest BCUT2D eigenvalue weighted by molar-refractivity contribution is -0.134. The van der Waals surface area contributed by atoms with Crippen LogP contribution in [-0.2, 0) is 4.79 Å². The highest BCUT2D eigenvalue weighted by Crippen LogP contribution is 2.56. The number of hydrogen-bond donors (Lipinski definition) is 1. The van der Waals surface area contributed by atoms with E-state index in [-0.39, 0.29) is 6.61 Å². The summed E-state index contributed by atoms with van der Waals surface area (Å²) in [6.07, 6.45) is 9.37. The first-order chi connectivity index (χ1) is 8.83. The molecule has 0 bridgehead atoms. The van der Waals surface area contributed by atoms with E-state index in [4.69, 9.17) is 5.11 Å². The fourth-order valence-electron chi connectivity index (χ4n) is 4.30. The number of nitrogens with zero attached hydrogens (tertiary/aromatic N) is 1.